The SMILES string of the molecule is CN(C)CC1CC(O)CN1CCCOc1ccccc1. The van der Waals surface area contributed by atoms with Crippen LogP contribution in [0.4, 0.5) is 0 Å². The summed E-state index contributed by atoms with van der Waals surface area (Å²) >= 11 is 0. The Labute approximate surface area is 122 Å². The minimum absolute atomic E-state index is 0.171. The van der Waals surface area contributed by atoms with Crippen LogP contribution in [0.3, 0.4) is 0 Å². The fourth-order valence-corrected chi connectivity index (χ4v) is 2.82. The number of benzene rings is 1. The summed E-state index contributed by atoms with van der Waals surface area (Å²) in [6.07, 6.45) is 1.71. The molecule has 1 heterocycles. The number of likely N-dealkylation sites (N-methyl/N-ethyl adjacent to an activating group) is 1. The minimum atomic E-state index is -0.171. The van der Waals surface area contributed by atoms with Gasteiger partial charge in [0.1, 0.15) is 5.75 Å². The number of rotatable bonds is 7. The van der Waals surface area contributed by atoms with Crippen molar-refractivity contribution in [3.63, 3.8) is 0 Å². The van der Waals surface area contributed by atoms with Crippen molar-refractivity contribution >= 4 is 0 Å². The van der Waals surface area contributed by atoms with Gasteiger partial charge >= 0.3 is 0 Å². The molecule has 2 atom stereocenters. The predicted molar refractivity (Wildman–Crippen MR) is 81.1 cm³/mol. The molecule has 1 aromatic carbocycles. The highest BCUT2D eigenvalue weighted by Crippen LogP contribution is 2.18. The molecule has 1 aromatic rings. The molecule has 0 aromatic heterocycles. The Hall–Kier alpha value is -1.10. The van der Waals surface area contributed by atoms with Crippen molar-refractivity contribution in [1.82, 2.24) is 9.80 Å². The smallest absolute Gasteiger partial charge is 0.119 e. The molecule has 1 fully saturated rings. The molecule has 1 aliphatic heterocycles. The molecular weight excluding hydrogens is 252 g/mol. The highest BCUT2D eigenvalue weighted by atomic mass is 16.5. The first kappa shape index (κ1) is 15.3. The lowest BCUT2D eigenvalue weighted by molar-refractivity contribution is 0.166. The van der Waals surface area contributed by atoms with Crippen molar-refractivity contribution in [1.29, 1.82) is 0 Å². The Kier molecular flexibility index (Phi) is 5.83. The molecule has 2 unspecified atom stereocenters. The number of aliphatic hydroxyl groups is 1. The summed E-state index contributed by atoms with van der Waals surface area (Å²) in [7, 11) is 4.17. The third kappa shape index (κ3) is 4.78. The van der Waals surface area contributed by atoms with Crippen LogP contribution in [0.5, 0.6) is 5.75 Å². The molecular formula is C16H26N2O2. The molecule has 0 amide bonds. The van der Waals surface area contributed by atoms with Gasteiger partial charge in [-0.3, -0.25) is 4.90 Å². The molecule has 20 heavy (non-hydrogen) atoms. The summed E-state index contributed by atoms with van der Waals surface area (Å²) in [6.45, 7) is 3.52. The van der Waals surface area contributed by atoms with E-state index >= 15 is 0 Å². The average molecular weight is 278 g/mol. The largest absolute Gasteiger partial charge is 0.494 e. The van der Waals surface area contributed by atoms with Crippen LogP contribution in [-0.2, 0) is 0 Å². The van der Waals surface area contributed by atoms with Crippen LogP contribution >= 0.6 is 0 Å². The summed E-state index contributed by atoms with van der Waals surface area (Å²) in [4.78, 5) is 4.58. The van der Waals surface area contributed by atoms with Crippen LogP contribution in [0, 0.1) is 0 Å². The first-order valence-corrected chi connectivity index (χ1v) is 7.40. The number of β-amino-alcohol motifs (C(OH)–C–C–N with tert-alkyl or cyclic N) is 1. The standard InChI is InChI=1S/C16H26N2O2/c1-17(2)12-14-11-15(19)13-18(14)9-6-10-20-16-7-4-3-5-8-16/h3-5,7-8,14-15,19H,6,9-13H2,1-2H3. The number of aliphatic hydroxyl groups excluding tert-OH is 1. The number of para-hydroxylation sites is 1. The molecule has 1 aliphatic rings. The van der Waals surface area contributed by atoms with Gasteiger partial charge in [-0.2, -0.15) is 0 Å². The van der Waals surface area contributed by atoms with Crippen molar-refractivity contribution in [2.24, 2.45) is 0 Å². The maximum Gasteiger partial charge on any atom is 0.119 e. The topological polar surface area (TPSA) is 35.9 Å². The van der Waals surface area contributed by atoms with E-state index in [2.05, 4.69) is 23.9 Å². The zero-order valence-electron chi connectivity index (χ0n) is 12.5. The number of hydrogen-bond acceptors (Lipinski definition) is 4. The van der Waals surface area contributed by atoms with E-state index in [1.807, 2.05) is 30.3 Å². The highest BCUT2D eigenvalue weighted by molar-refractivity contribution is 5.20. The zero-order chi connectivity index (χ0) is 14.4. The second-order valence-electron chi connectivity index (χ2n) is 5.82. The first-order chi connectivity index (χ1) is 9.65. The molecule has 0 radical (unpaired) electrons. The van der Waals surface area contributed by atoms with Gasteiger partial charge < -0.3 is 14.7 Å². The molecule has 0 aliphatic carbocycles. The van der Waals surface area contributed by atoms with E-state index in [4.69, 9.17) is 4.74 Å². The van der Waals surface area contributed by atoms with Crippen LogP contribution < -0.4 is 4.74 Å². The van der Waals surface area contributed by atoms with Gasteiger partial charge in [0, 0.05) is 25.7 Å². The Bertz CT molecular complexity index is 383. The van der Waals surface area contributed by atoms with E-state index in [1.165, 1.54) is 0 Å². The Balaban J connectivity index is 1.70. The molecule has 0 bridgehead atoms. The van der Waals surface area contributed by atoms with Crippen LogP contribution in [0.15, 0.2) is 30.3 Å². The van der Waals surface area contributed by atoms with E-state index < -0.39 is 0 Å². The third-order valence-corrected chi connectivity index (χ3v) is 3.68. The van der Waals surface area contributed by atoms with Gasteiger partial charge in [0.05, 0.1) is 12.7 Å². The minimum Gasteiger partial charge on any atom is -0.494 e. The van der Waals surface area contributed by atoms with Crippen molar-refractivity contribution in [3.8, 4) is 5.75 Å². The lowest BCUT2D eigenvalue weighted by Crippen LogP contribution is -2.38. The van der Waals surface area contributed by atoms with Gasteiger partial charge in [0.15, 0.2) is 0 Å². The fourth-order valence-electron chi connectivity index (χ4n) is 2.82. The first-order valence-electron chi connectivity index (χ1n) is 7.40. The summed E-state index contributed by atoms with van der Waals surface area (Å²) < 4.78 is 5.71. The fraction of sp³-hybridized carbons (Fsp3) is 0.625. The second-order valence-corrected chi connectivity index (χ2v) is 5.82. The van der Waals surface area contributed by atoms with E-state index in [9.17, 15) is 5.11 Å². The molecule has 1 N–H and O–H groups in total. The van der Waals surface area contributed by atoms with Gasteiger partial charge in [0.25, 0.3) is 0 Å². The Morgan fingerprint density at radius 1 is 1.30 bits per heavy atom. The summed E-state index contributed by atoms with van der Waals surface area (Å²) in [5.74, 6) is 0.929. The van der Waals surface area contributed by atoms with Crippen LogP contribution in [0.1, 0.15) is 12.8 Å². The Morgan fingerprint density at radius 2 is 2.05 bits per heavy atom. The van der Waals surface area contributed by atoms with E-state index in [0.29, 0.717) is 6.04 Å². The summed E-state index contributed by atoms with van der Waals surface area (Å²) in [5, 5.41) is 9.83. The van der Waals surface area contributed by atoms with Crippen molar-refractivity contribution in [2.45, 2.75) is 25.0 Å². The maximum atomic E-state index is 9.83. The van der Waals surface area contributed by atoms with Crippen molar-refractivity contribution in [3.05, 3.63) is 30.3 Å². The third-order valence-electron chi connectivity index (χ3n) is 3.68. The van der Waals surface area contributed by atoms with Gasteiger partial charge in [0.2, 0.25) is 0 Å². The zero-order valence-corrected chi connectivity index (χ0v) is 12.5. The summed E-state index contributed by atoms with van der Waals surface area (Å²) in [6, 6.07) is 10.4. The van der Waals surface area contributed by atoms with E-state index in [-0.39, 0.29) is 6.10 Å². The number of hydrogen-bond donors (Lipinski definition) is 1. The van der Waals surface area contributed by atoms with E-state index in [1.54, 1.807) is 0 Å². The van der Waals surface area contributed by atoms with Crippen molar-refractivity contribution in [2.75, 3.05) is 40.3 Å². The summed E-state index contributed by atoms with van der Waals surface area (Å²) in [5.41, 5.74) is 0. The quantitative estimate of drug-likeness (QED) is 0.766. The Morgan fingerprint density at radius 3 is 2.75 bits per heavy atom. The van der Waals surface area contributed by atoms with Crippen molar-refractivity contribution < 1.29 is 9.84 Å². The van der Waals surface area contributed by atoms with Crippen LogP contribution in [0.25, 0.3) is 0 Å². The monoisotopic (exact) mass is 278 g/mol. The molecule has 4 nitrogen and oxygen atoms in total. The molecule has 4 heteroatoms. The molecule has 112 valence electrons. The lowest BCUT2D eigenvalue weighted by Gasteiger charge is -2.26. The van der Waals surface area contributed by atoms with Crippen LogP contribution in [0.2, 0.25) is 0 Å². The number of ether oxygens (including phenoxy) is 1. The van der Waals surface area contributed by atoms with Gasteiger partial charge in [-0.1, -0.05) is 18.2 Å². The van der Waals surface area contributed by atoms with E-state index in [0.717, 1.165) is 44.8 Å². The second kappa shape index (κ2) is 7.62. The highest BCUT2D eigenvalue weighted by Gasteiger charge is 2.30. The molecule has 0 spiro atoms. The van der Waals surface area contributed by atoms with Gasteiger partial charge in [-0.25, -0.2) is 0 Å². The normalized spacial score (nSPS) is 23.4. The number of nitrogens with zero attached hydrogens (tertiary/aromatic N) is 2. The average Bonchev–Trinajstić information content (AvgIpc) is 2.75. The molecule has 1 saturated heterocycles. The van der Waals surface area contributed by atoms with Gasteiger partial charge in [-0.05, 0) is 39.1 Å². The van der Waals surface area contributed by atoms with Gasteiger partial charge in [-0.15, -0.1) is 0 Å². The lowest BCUT2D eigenvalue weighted by atomic mass is 10.2. The number of likely N-dealkylation sites (tertiary alicyclic amines) is 1. The predicted octanol–water partition coefficient (Wildman–Crippen LogP) is 1.45. The van der Waals surface area contributed by atoms with Crippen LogP contribution in [-0.4, -0.2) is 67.4 Å². The maximum absolute atomic E-state index is 9.83. The molecule has 2 rings (SSSR count). The molecule has 0 saturated carbocycles.